The molecular weight excluding hydrogens is 364 g/mol. The fourth-order valence-electron chi connectivity index (χ4n) is 4.49. The Balaban J connectivity index is 1.52. The van der Waals surface area contributed by atoms with Crippen LogP contribution < -0.4 is 0 Å². The number of aromatic nitrogens is 2. The molecule has 0 fully saturated rings. The lowest BCUT2D eigenvalue weighted by molar-refractivity contribution is 0.948. The third-order valence-electron chi connectivity index (χ3n) is 5.99. The summed E-state index contributed by atoms with van der Waals surface area (Å²) in [6.45, 7) is 0. The van der Waals surface area contributed by atoms with Crippen LogP contribution in [0, 0.1) is 0 Å². The molecule has 0 bridgehead atoms. The number of hydrogen-bond acceptors (Lipinski definition) is 1. The second-order valence-corrected chi connectivity index (χ2v) is 7.83. The minimum atomic E-state index is 1.03. The molecule has 2 nitrogen and oxygen atoms in total. The van der Waals surface area contributed by atoms with Crippen molar-refractivity contribution >= 4 is 32.6 Å². The SMILES string of the molecule is Cn1cnc2cccc(-c3ccc4c(ccc5cc(-c6ccccc6)ccc54)c3)c21. The molecule has 1 heterocycles. The maximum atomic E-state index is 4.50. The summed E-state index contributed by atoms with van der Waals surface area (Å²) in [5.41, 5.74) is 7.14. The van der Waals surface area contributed by atoms with Crippen molar-refractivity contribution in [3.05, 3.63) is 103 Å². The average molecular weight is 384 g/mol. The summed E-state index contributed by atoms with van der Waals surface area (Å²) in [4.78, 5) is 4.50. The average Bonchev–Trinajstić information content (AvgIpc) is 3.20. The van der Waals surface area contributed by atoms with E-state index < -0.39 is 0 Å². The van der Waals surface area contributed by atoms with Gasteiger partial charge >= 0.3 is 0 Å². The smallest absolute Gasteiger partial charge is 0.0955 e. The van der Waals surface area contributed by atoms with Gasteiger partial charge in [-0.1, -0.05) is 78.9 Å². The summed E-state index contributed by atoms with van der Waals surface area (Å²) in [7, 11) is 2.05. The third kappa shape index (κ3) is 2.61. The number of nitrogens with zero attached hydrogens (tertiary/aromatic N) is 2. The van der Waals surface area contributed by atoms with Gasteiger partial charge in [-0.25, -0.2) is 4.98 Å². The van der Waals surface area contributed by atoms with Gasteiger partial charge in [0.05, 0.1) is 17.4 Å². The molecule has 0 saturated heterocycles. The fourth-order valence-corrected chi connectivity index (χ4v) is 4.49. The van der Waals surface area contributed by atoms with Crippen molar-refractivity contribution in [1.82, 2.24) is 9.55 Å². The molecule has 5 aromatic carbocycles. The van der Waals surface area contributed by atoms with Crippen molar-refractivity contribution in [1.29, 1.82) is 0 Å². The van der Waals surface area contributed by atoms with Crippen molar-refractivity contribution in [3.63, 3.8) is 0 Å². The standard InChI is InChI=1S/C28H20N2/c1-30-18-29-27-9-5-8-26(28(27)30)23-13-15-25-22(17-23)11-10-21-16-20(12-14-24(21)25)19-6-3-2-4-7-19/h2-18H,1H3. The topological polar surface area (TPSA) is 17.8 Å². The first-order valence-corrected chi connectivity index (χ1v) is 10.2. The second-order valence-electron chi connectivity index (χ2n) is 7.83. The van der Waals surface area contributed by atoms with Gasteiger partial charge in [-0.05, 0) is 56.4 Å². The molecule has 6 aromatic rings. The summed E-state index contributed by atoms with van der Waals surface area (Å²) >= 11 is 0. The highest BCUT2D eigenvalue weighted by Gasteiger charge is 2.10. The number of fused-ring (bicyclic) bond motifs is 4. The Morgan fingerprint density at radius 1 is 0.600 bits per heavy atom. The van der Waals surface area contributed by atoms with Crippen LogP contribution in [-0.2, 0) is 7.05 Å². The molecule has 0 atom stereocenters. The van der Waals surface area contributed by atoms with E-state index >= 15 is 0 Å². The van der Waals surface area contributed by atoms with Crippen LogP contribution in [0.2, 0.25) is 0 Å². The van der Waals surface area contributed by atoms with Crippen LogP contribution in [0.5, 0.6) is 0 Å². The zero-order valence-corrected chi connectivity index (χ0v) is 16.7. The van der Waals surface area contributed by atoms with Gasteiger partial charge in [-0.3, -0.25) is 0 Å². The Labute approximate surface area is 175 Å². The van der Waals surface area contributed by atoms with Gasteiger partial charge in [0, 0.05) is 12.6 Å². The molecule has 0 amide bonds. The first kappa shape index (κ1) is 17.0. The molecule has 30 heavy (non-hydrogen) atoms. The van der Waals surface area contributed by atoms with Crippen LogP contribution in [0.25, 0.3) is 54.8 Å². The van der Waals surface area contributed by atoms with Crippen molar-refractivity contribution in [2.24, 2.45) is 7.05 Å². The van der Waals surface area contributed by atoms with Crippen molar-refractivity contribution in [2.75, 3.05) is 0 Å². The molecule has 142 valence electrons. The van der Waals surface area contributed by atoms with E-state index in [9.17, 15) is 0 Å². The molecule has 1 aromatic heterocycles. The summed E-state index contributed by atoms with van der Waals surface area (Å²) < 4.78 is 2.10. The first-order chi connectivity index (χ1) is 14.8. The Bertz CT molecular complexity index is 1540. The highest BCUT2D eigenvalue weighted by molar-refractivity contribution is 6.10. The highest BCUT2D eigenvalue weighted by atomic mass is 15.0. The molecule has 0 radical (unpaired) electrons. The van der Waals surface area contributed by atoms with Crippen molar-refractivity contribution in [3.8, 4) is 22.3 Å². The summed E-state index contributed by atoms with van der Waals surface area (Å²) in [6.07, 6.45) is 1.88. The van der Waals surface area contributed by atoms with E-state index in [2.05, 4.69) is 114 Å². The summed E-state index contributed by atoms with van der Waals surface area (Å²) in [5.74, 6) is 0. The molecule has 0 aliphatic rings. The van der Waals surface area contributed by atoms with Crippen LogP contribution in [0.3, 0.4) is 0 Å². The lowest BCUT2D eigenvalue weighted by Gasteiger charge is -2.10. The molecule has 6 rings (SSSR count). The van der Waals surface area contributed by atoms with Crippen LogP contribution in [0.1, 0.15) is 0 Å². The predicted octanol–water partition coefficient (Wildman–Crippen LogP) is 7.21. The summed E-state index contributed by atoms with van der Waals surface area (Å²) in [6, 6.07) is 34.9. The molecule has 0 saturated carbocycles. The van der Waals surface area contributed by atoms with Gasteiger partial charge in [-0.2, -0.15) is 0 Å². The third-order valence-corrected chi connectivity index (χ3v) is 5.99. The molecule has 0 N–H and O–H groups in total. The molecule has 0 aliphatic carbocycles. The van der Waals surface area contributed by atoms with E-state index in [0.29, 0.717) is 0 Å². The van der Waals surface area contributed by atoms with Crippen molar-refractivity contribution < 1.29 is 0 Å². The first-order valence-electron chi connectivity index (χ1n) is 10.2. The number of benzene rings is 5. The molecule has 2 heteroatoms. The lowest BCUT2D eigenvalue weighted by Crippen LogP contribution is -1.89. The van der Waals surface area contributed by atoms with E-state index in [1.54, 1.807) is 0 Å². The van der Waals surface area contributed by atoms with Crippen molar-refractivity contribution in [2.45, 2.75) is 0 Å². The zero-order chi connectivity index (χ0) is 20.1. The van der Waals surface area contributed by atoms with E-state index in [4.69, 9.17) is 0 Å². The number of hydrogen-bond donors (Lipinski definition) is 0. The lowest BCUT2D eigenvalue weighted by atomic mass is 9.95. The van der Waals surface area contributed by atoms with E-state index in [1.165, 1.54) is 49.3 Å². The molecule has 0 spiro atoms. The normalized spacial score (nSPS) is 11.5. The minimum absolute atomic E-state index is 1.03. The molecular formula is C28H20N2. The number of para-hydroxylation sites is 1. The van der Waals surface area contributed by atoms with Gasteiger partial charge in [0.1, 0.15) is 0 Å². The van der Waals surface area contributed by atoms with Gasteiger partial charge in [0.25, 0.3) is 0 Å². The largest absolute Gasteiger partial charge is 0.333 e. The Morgan fingerprint density at radius 2 is 1.30 bits per heavy atom. The van der Waals surface area contributed by atoms with Gasteiger partial charge in [0.2, 0.25) is 0 Å². The minimum Gasteiger partial charge on any atom is -0.333 e. The van der Waals surface area contributed by atoms with E-state index in [0.717, 1.165) is 5.52 Å². The number of imidazole rings is 1. The molecule has 0 aliphatic heterocycles. The Kier molecular flexibility index (Phi) is 3.72. The fraction of sp³-hybridized carbons (Fsp3) is 0.0357. The van der Waals surface area contributed by atoms with Crippen LogP contribution >= 0.6 is 0 Å². The van der Waals surface area contributed by atoms with Crippen LogP contribution in [0.4, 0.5) is 0 Å². The Hall–Kier alpha value is -3.91. The van der Waals surface area contributed by atoms with Gasteiger partial charge in [0.15, 0.2) is 0 Å². The zero-order valence-electron chi connectivity index (χ0n) is 16.7. The highest BCUT2D eigenvalue weighted by Crippen LogP contribution is 2.34. The van der Waals surface area contributed by atoms with E-state index in [1.807, 2.05) is 6.33 Å². The second kappa shape index (κ2) is 6.57. The maximum absolute atomic E-state index is 4.50. The monoisotopic (exact) mass is 384 g/mol. The van der Waals surface area contributed by atoms with Crippen LogP contribution in [0.15, 0.2) is 103 Å². The number of aryl methyl sites for hydroxylation is 1. The Morgan fingerprint density at radius 3 is 2.07 bits per heavy atom. The molecule has 0 unspecified atom stereocenters. The van der Waals surface area contributed by atoms with Crippen LogP contribution in [-0.4, -0.2) is 9.55 Å². The quantitative estimate of drug-likeness (QED) is 0.288. The maximum Gasteiger partial charge on any atom is 0.0955 e. The predicted molar refractivity (Wildman–Crippen MR) is 127 cm³/mol. The van der Waals surface area contributed by atoms with E-state index in [-0.39, 0.29) is 0 Å². The number of rotatable bonds is 2. The summed E-state index contributed by atoms with van der Waals surface area (Å²) in [5, 5.41) is 5.10. The van der Waals surface area contributed by atoms with Gasteiger partial charge < -0.3 is 4.57 Å². The van der Waals surface area contributed by atoms with Gasteiger partial charge in [-0.15, -0.1) is 0 Å².